The Morgan fingerprint density at radius 3 is 2.23 bits per heavy atom. The van der Waals surface area contributed by atoms with Crippen LogP contribution in [0.3, 0.4) is 0 Å². The molecule has 5 heteroatoms. The van der Waals surface area contributed by atoms with Crippen LogP contribution in [0.15, 0.2) is 0 Å². The van der Waals surface area contributed by atoms with E-state index >= 15 is 0 Å². The fourth-order valence-corrected chi connectivity index (χ4v) is 1.24. The van der Waals surface area contributed by atoms with Crippen molar-refractivity contribution >= 4 is 0 Å². The number of aliphatic hydroxyl groups is 4. The monoisotopic (exact) mass is 188 g/mol. The molecule has 0 aromatic heterocycles. The van der Waals surface area contributed by atoms with Crippen LogP contribution >= 0.6 is 0 Å². The van der Waals surface area contributed by atoms with E-state index in [0.29, 0.717) is 0 Å². The molecule has 4 N–H and O–H groups in total. The molecule has 0 bridgehead atoms. The van der Waals surface area contributed by atoms with E-state index in [2.05, 4.69) is 5.92 Å². The van der Waals surface area contributed by atoms with Crippen molar-refractivity contribution in [2.75, 3.05) is 6.61 Å². The molecule has 0 amide bonds. The average Bonchev–Trinajstić information content (AvgIpc) is 2.15. The highest BCUT2D eigenvalue weighted by atomic mass is 16.5. The topological polar surface area (TPSA) is 90.2 Å². The minimum Gasteiger partial charge on any atom is -0.394 e. The molecule has 0 radical (unpaired) electrons. The maximum absolute atomic E-state index is 9.26. The Kier molecular flexibility index (Phi) is 3.25. The van der Waals surface area contributed by atoms with Crippen LogP contribution in [0.25, 0.3) is 0 Å². The number of terminal acetylenes is 1. The third-order valence-electron chi connectivity index (χ3n) is 2.06. The van der Waals surface area contributed by atoms with E-state index in [-0.39, 0.29) is 0 Å². The van der Waals surface area contributed by atoms with Gasteiger partial charge in [-0.15, -0.1) is 6.42 Å². The zero-order chi connectivity index (χ0) is 10.0. The van der Waals surface area contributed by atoms with E-state index in [4.69, 9.17) is 16.3 Å². The van der Waals surface area contributed by atoms with Gasteiger partial charge in [-0.05, 0) is 0 Å². The minimum atomic E-state index is -1.38. The lowest BCUT2D eigenvalue weighted by molar-refractivity contribution is -0.214. The number of hydrogen-bond donors (Lipinski definition) is 4. The van der Waals surface area contributed by atoms with Gasteiger partial charge < -0.3 is 25.2 Å². The van der Waals surface area contributed by atoms with Crippen LogP contribution in [-0.2, 0) is 4.74 Å². The van der Waals surface area contributed by atoms with Crippen molar-refractivity contribution in [3.63, 3.8) is 0 Å². The third kappa shape index (κ3) is 1.82. The molecule has 1 saturated heterocycles. The summed E-state index contributed by atoms with van der Waals surface area (Å²) < 4.78 is 4.93. The van der Waals surface area contributed by atoms with Gasteiger partial charge in [0.15, 0.2) is 0 Å². The third-order valence-corrected chi connectivity index (χ3v) is 2.06. The van der Waals surface area contributed by atoms with Gasteiger partial charge in [0.1, 0.15) is 30.5 Å². The second-order valence-corrected chi connectivity index (χ2v) is 2.92. The molecular formula is C8H12O5. The zero-order valence-electron chi connectivity index (χ0n) is 6.87. The molecule has 74 valence electrons. The molecule has 5 atom stereocenters. The second-order valence-electron chi connectivity index (χ2n) is 2.92. The molecule has 0 aromatic carbocycles. The summed E-state index contributed by atoms with van der Waals surface area (Å²) >= 11 is 0. The van der Waals surface area contributed by atoms with Gasteiger partial charge in [-0.25, -0.2) is 0 Å². The summed E-state index contributed by atoms with van der Waals surface area (Å²) in [7, 11) is 0. The zero-order valence-corrected chi connectivity index (χ0v) is 6.87. The Bertz CT molecular complexity index is 209. The molecule has 1 aliphatic heterocycles. The maximum Gasteiger partial charge on any atom is 0.146 e. The summed E-state index contributed by atoms with van der Waals surface area (Å²) in [5.74, 6) is 2.11. The lowest BCUT2D eigenvalue weighted by Crippen LogP contribution is -2.58. The normalized spacial score (nSPS) is 45.6. The van der Waals surface area contributed by atoms with Crippen LogP contribution in [0.5, 0.6) is 0 Å². The molecule has 1 heterocycles. The molecule has 0 saturated carbocycles. The van der Waals surface area contributed by atoms with Gasteiger partial charge >= 0.3 is 0 Å². The first-order valence-corrected chi connectivity index (χ1v) is 3.88. The van der Waals surface area contributed by atoms with Gasteiger partial charge in [0.2, 0.25) is 0 Å². The average molecular weight is 188 g/mol. The van der Waals surface area contributed by atoms with Gasteiger partial charge in [0.05, 0.1) is 6.61 Å². The molecular weight excluding hydrogens is 176 g/mol. The molecule has 0 unspecified atom stereocenters. The largest absolute Gasteiger partial charge is 0.394 e. The smallest absolute Gasteiger partial charge is 0.146 e. The Labute approximate surface area is 75.6 Å². The Balaban J connectivity index is 2.73. The van der Waals surface area contributed by atoms with Gasteiger partial charge in [-0.2, -0.15) is 0 Å². The van der Waals surface area contributed by atoms with Crippen molar-refractivity contribution in [1.82, 2.24) is 0 Å². The van der Waals surface area contributed by atoms with Crippen LogP contribution in [0.4, 0.5) is 0 Å². The summed E-state index contributed by atoms with van der Waals surface area (Å²) in [6.45, 7) is -0.455. The van der Waals surface area contributed by atoms with Crippen LogP contribution < -0.4 is 0 Å². The minimum absolute atomic E-state index is 0.455. The maximum atomic E-state index is 9.26. The van der Waals surface area contributed by atoms with Gasteiger partial charge in [-0.3, -0.25) is 0 Å². The van der Waals surface area contributed by atoms with Gasteiger partial charge in [0, 0.05) is 0 Å². The summed E-state index contributed by atoms with van der Waals surface area (Å²) in [4.78, 5) is 0. The van der Waals surface area contributed by atoms with E-state index in [0.717, 1.165) is 0 Å². The molecule has 0 aromatic rings. The van der Waals surface area contributed by atoms with Crippen LogP contribution in [0, 0.1) is 12.3 Å². The SMILES string of the molecule is C#C[C@H]1O[C@H](CO)[C@H](O)[C@H](O)[C@@H]1O. The lowest BCUT2D eigenvalue weighted by Gasteiger charge is -2.37. The summed E-state index contributed by atoms with van der Waals surface area (Å²) in [6.07, 6.45) is -0.941. The fourth-order valence-electron chi connectivity index (χ4n) is 1.24. The summed E-state index contributed by atoms with van der Waals surface area (Å²) in [6, 6.07) is 0. The highest BCUT2D eigenvalue weighted by molar-refractivity contribution is 5.05. The van der Waals surface area contributed by atoms with E-state index in [1.165, 1.54) is 0 Å². The first-order chi connectivity index (χ1) is 6.11. The molecule has 0 spiro atoms. The van der Waals surface area contributed by atoms with Crippen molar-refractivity contribution in [3.05, 3.63) is 0 Å². The predicted molar refractivity (Wildman–Crippen MR) is 42.6 cm³/mol. The van der Waals surface area contributed by atoms with E-state index < -0.39 is 37.1 Å². The number of aliphatic hydroxyl groups excluding tert-OH is 4. The van der Waals surface area contributed by atoms with Gasteiger partial charge in [-0.1, -0.05) is 5.92 Å². The summed E-state index contributed by atoms with van der Waals surface area (Å²) in [5, 5.41) is 36.5. The molecule has 0 aliphatic carbocycles. The van der Waals surface area contributed by atoms with E-state index in [9.17, 15) is 15.3 Å². The molecule has 5 nitrogen and oxygen atoms in total. The standard InChI is InChI=1S/C8H12O5/c1-2-4-6(10)8(12)7(11)5(3-9)13-4/h1,4-12H,3H2/t4-,5-,6-,7+,8-/m1/s1. The van der Waals surface area contributed by atoms with Crippen LogP contribution in [0.1, 0.15) is 0 Å². The quantitative estimate of drug-likeness (QED) is 0.340. The Hall–Kier alpha value is -0.640. The Morgan fingerprint density at radius 2 is 1.77 bits per heavy atom. The van der Waals surface area contributed by atoms with Crippen LogP contribution in [-0.4, -0.2) is 57.6 Å². The Morgan fingerprint density at radius 1 is 1.15 bits per heavy atom. The molecule has 13 heavy (non-hydrogen) atoms. The molecule has 1 aliphatic rings. The molecule has 1 rings (SSSR count). The van der Waals surface area contributed by atoms with Crippen molar-refractivity contribution in [1.29, 1.82) is 0 Å². The number of rotatable bonds is 1. The van der Waals surface area contributed by atoms with Gasteiger partial charge in [0.25, 0.3) is 0 Å². The lowest BCUT2D eigenvalue weighted by atomic mass is 9.96. The van der Waals surface area contributed by atoms with Crippen molar-refractivity contribution in [2.45, 2.75) is 30.5 Å². The predicted octanol–water partition coefficient (Wildman–Crippen LogP) is -2.54. The van der Waals surface area contributed by atoms with E-state index in [1.807, 2.05) is 0 Å². The first-order valence-electron chi connectivity index (χ1n) is 3.88. The molecule has 1 fully saturated rings. The van der Waals surface area contributed by atoms with Crippen molar-refractivity contribution < 1.29 is 25.2 Å². The summed E-state index contributed by atoms with van der Waals surface area (Å²) in [5.41, 5.74) is 0. The fraction of sp³-hybridized carbons (Fsp3) is 0.750. The van der Waals surface area contributed by atoms with Crippen molar-refractivity contribution in [3.8, 4) is 12.3 Å². The first kappa shape index (κ1) is 10.4. The van der Waals surface area contributed by atoms with Crippen LogP contribution in [0.2, 0.25) is 0 Å². The second kappa shape index (κ2) is 4.05. The highest BCUT2D eigenvalue weighted by Crippen LogP contribution is 2.20. The highest BCUT2D eigenvalue weighted by Gasteiger charge is 2.42. The van der Waals surface area contributed by atoms with E-state index in [1.54, 1.807) is 0 Å². The number of ether oxygens (including phenoxy) is 1. The number of hydrogen-bond acceptors (Lipinski definition) is 5. The van der Waals surface area contributed by atoms with Crippen molar-refractivity contribution in [2.24, 2.45) is 0 Å².